The molecule has 1 rings (SSSR count). The van der Waals surface area contributed by atoms with Crippen LogP contribution in [0.15, 0.2) is 28.7 Å². The molecule has 0 aliphatic rings. The van der Waals surface area contributed by atoms with Gasteiger partial charge in [-0.15, -0.1) is 0 Å². The predicted molar refractivity (Wildman–Crippen MR) is 74.5 cm³/mol. The highest BCUT2D eigenvalue weighted by Crippen LogP contribution is 2.24. The Morgan fingerprint density at radius 1 is 1.26 bits per heavy atom. The first-order chi connectivity index (χ1) is 8.69. The largest absolute Gasteiger partial charge is 0.457 e. The van der Waals surface area contributed by atoms with Crippen molar-refractivity contribution in [1.82, 2.24) is 0 Å². The number of ether oxygens (including phenoxy) is 2. The molecule has 1 aromatic carbocycles. The first kappa shape index (κ1) is 15.7. The molecule has 0 radical (unpaired) electrons. The second kappa shape index (κ2) is 6.19. The third kappa shape index (κ3) is 5.42. The predicted octanol–water partition coefficient (Wildman–Crippen LogP) is 3.40. The third-order valence-corrected chi connectivity index (χ3v) is 2.55. The van der Waals surface area contributed by atoms with E-state index in [0.717, 1.165) is 4.47 Å². The van der Waals surface area contributed by atoms with E-state index in [1.54, 1.807) is 39.0 Å². The van der Waals surface area contributed by atoms with Crippen LogP contribution in [0.4, 0.5) is 0 Å². The molecule has 0 amide bonds. The monoisotopic (exact) mass is 328 g/mol. The van der Waals surface area contributed by atoms with Crippen LogP contribution in [-0.4, -0.2) is 17.5 Å². The molecule has 0 unspecified atom stereocenters. The summed E-state index contributed by atoms with van der Waals surface area (Å²) in [6.07, 6.45) is -1.05. The Morgan fingerprint density at radius 3 is 2.37 bits per heavy atom. The molecule has 1 aromatic rings. The van der Waals surface area contributed by atoms with Gasteiger partial charge in [0.2, 0.25) is 6.10 Å². The lowest BCUT2D eigenvalue weighted by atomic mass is 10.1. The first-order valence-electron chi connectivity index (χ1n) is 5.84. The fraction of sp³-hybridized carbons (Fsp3) is 0.429. The standard InChI is InChI=1S/C14H17BrO4/c1-9(16)18-12(13(17)19-14(2,3)4)10-6-5-7-11(15)8-10/h5-8,12H,1-4H3/t12-/m1/s1. The Hall–Kier alpha value is -1.36. The van der Waals surface area contributed by atoms with Crippen LogP contribution < -0.4 is 0 Å². The average Bonchev–Trinajstić information content (AvgIpc) is 2.23. The Balaban J connectivity index is 3.01. The lowest BCUT2D eigenvalue weighted by molar-refractivity contribution is -0.175. The minimum absolute atomic E-state index is 0.532. The van der Waals surface area contributed by atoms with Gasteiger partial charge in [0.05, 0.1) is 0 Å². The molecule has 0 saturated carbocycles. The van der Waals surface area contributed by atoms with Crippen LogP contribution in [0.5, 0.6) is 0 Å². The zero-order chi connectivity index (χ0) is 14.6. The van der Waals surface area contributed by atoms with Crippen LogP contribution in [0, 0.1) is 0 Å². The summed E-state index contributed by atoms with van der Waals surface area (Å²) in [5, 5.41) is 0. The molecule has 5 heteroatoms. The molecule has 0 aliphatic heterocycles. The number of hydrogen-bond acceptors (Lipinski definition) is 4. The van der Waals surface area contributed by atoms with Crippen LogP contribution >= 0.6 is 15.9 Å². The average molecular weight is 329 g/mol. The van der Waals surface area contributed by atoms with Gasteiger partial charge >= 0.3 is 11.9 Å². The lowest BCUT2D eigenvalue weighted by Crippen LogP contribution is -2.29. The van der Waals surface area contributed by atoms with Crippen molar-refractivity contribution in [3.63, 3.8) is 0 Å². The van der Waals surface area contributed by atoms with Crippen molar-refractivity contribution >= 4 is 27.9 Å². The maximum atomic E-state index is 12.1. The fourth-order valence-corrected chi connectivity index (χ4v) is 1.86. The molecule has 0 aromatic heterocycles. The SMILES string of the molecule is CC(=O)O[C@@H](C(=O)OC(C)(C)C)c1cccc(Br)c1. The van der Waals surface area contributed by atoms with E-state index < -0.39 is 23.6 Å². The van der Waals surface area contributed by atoms with E-state index >= 15 is 0 Å². The smallest absolute Gasteiger partial charge is 0.352 e. The summed E-state index contributed by atoms with van der Waals surface area (Å²) in [6, 6.07) is 7.02. The van der Waals surface area contributed by atoms with Gasteiger partial charge in [-0.3, -0.25) is 4.79 Å². The Bertz CT molecular complexity index is 477. The molecule has 0 bridgehead atoms. The van der Waals surface area contributed by atoms with E-state index in [-0.39, 0.29) is 0 Å². The maximum Gasteiger partial charge on any atom is 0.352 e. The molecule has 104 valence electrons. The Labute approximate surface area is 121 Å². The number of esters is 2. The van der Waals surface area contributed by atoms with E-state index in [4.69, 9.17) is 9.47 Å². The quantitative estimate of drug-likeness (QED) is 0.798. The third-order valence-electron chi connectivity index (χ3n) is 2.06. The van der Waals surface area contributed by atoms with Crippen LogP contribution in [0.2, 0.25) is 0 Å². The number of hydrogen-bond donors (Lipinski definition) is 0. The second-order valence-corrected chi connectivity index (χ2v) is 5.99. The van der Waals surface area contributed by atoms with E-state index in [2.05, 4.69) is 15.9 Å². The molecule has 0 saturated heterocycles. The van der Waals surface area contributed by atoms with E-state index in [0.29, 0.717) is 5.56 Å². The van der Waals surface area contributed by atoms with Gasteiger partial charge in [0.1, 0.15) is 5.60 Å². The van der Waals surface area contributed by atoms with Crippen LogP contribution in [0.3, 0.4) is 0 Å². The van der Waals surface area contributed by atoms with Gasteiger partial charge in [-0.05, 0) is 32.9 Å². The van der Waals surface area contributed by atoms with Crippen molar-refractivity contribution in [2.45, 2.75) is 39.4 Å². The topological polar surface area (TPSA) is 52.6 Å². The van der Waals surface area contributed by atoms with Crippen LogP contribution in [-0.2, 0) is 19.1 Å². The lowest BCUT2D eigenvalue weighted by Gasteiger charge is -2.24. The van der Waals surface area contributed by atoms with Crippen LogP contribution in [0.25, 0.3) is 0 Å². The molecule has 0 heterocycles. The zero-order valence-electron chi connectivity index (χ0n) is 11.4. The number of halogens is 1. The molecule has 0 aliphatic carbocycles. The van der Waals surface area contributed by atoms with Gasteiger partial charge in [0.25, 0.3) is 0 Å². The second-order valence-electron chi connectivity index (χ2n) is 5.08. The summed E-state index contributed by atoms with van der Waals surface area (Å²) in [5.41, 5.74) is -0.0690. The van der Waals surface area contributed by atoms with Gasteiger partial charge in [-0.25, -0.2) is 4.79 Å². The number of benzene rings is 1. The summed E-state index contributed by atoms with van der Waals surface area (Å²) in [6.45, 7) is 6.54. The van der Waals surface area contributed by atoms with E-state index in [1.807, 2.05) is 6.07 Å². The highest BCUT2D eigenvalue weighted by molar-refractivity contribution is 9.10. The van der Waals surface area contributed by atoms with Crippen molar-refractivity contribution in [3.05, 3.63) is 34.3 Å². The summed E-state index contributed by atoms with van der Waals surface area (Å²) in [4.78, 5) is 23.2. The van der Waals surface area contributed by atoms with Crippen molar-refractivity contribution < 1.29 is 19.1 Å². The number of rotatable bonds is 3. The van der Waals surface area contributed by atoms with Gasteiger partial charge < -0.3 is 9.47 Å². The summed E-state index contributed by atoms with van der Waals surface area (Å²) in [7, 11) is 0. The summed E-state index contributed by atoms with van der Waals surface area (Å²) >= 11 is 3.31. The van der Waals surface area contributed by atoms with Gasteiger partial charge in [-0.2, -0.15) is 0 Å². The van der Waals surface area contributed by atoms with Gasteiger partial charge in [0, 0.05) is 17.0 Å². The first-order valence-corrected chi connectivity index (χ1v) is 6.64. The van der Waals surface area contributed by atoms with Crippen molar-refractivity contribution in [3.8, 4) is 0 Å². The Kier molecular flexibility index (Phi) is 5.11. The Morgan fingerprint density at radius 2 is 1.89 bits per heavy atom. The summed E-state index contributed by atoms with van der Waals surface area (Å²) in [5.74, 6) is -1.11. The minimum atomic E-state index is -1.05. The highest BCUT2D eigenvalue weighted by Gasteiger charge is 2.29. The van der Waals surface area contributed by atoms with Crippen LogP contribution in [0.1, 0.15) is 39.4 Å². The zero-order valence-corrected chi connectivity index (χ0v) is 13.0. The highest BCUT2D eigenvalue weighted by atomic mass is 79.9. The maximum absolute atomic E-state index is 12.1. The fourth-order valence-electron chi connectivity index (χ4n) is 1.44. The van der Waals surface area contributed by atoms with E-state index in [9.17, 15) is 9.59 Å². The molecule has 0 spiro atoms. The van der Waals surface area contributed by atoms with Crippen molar-refractivity contribution in [1.29, 1.82) is 0 Å². The van der Waals surface area contributed by atoms with Crippen molar-refractivity contribution in [2.75, 3.05) is 0 Å². The molecule has 4 nitrogen and oxygen atoms in total. The molecular weight excluding hydrogens is 312 g/mol. The van der Waals surface area contributed by atoms with Crippen molar-refractivity contribution in [2.24, 2.45) is 0 Å². The van der Waals surface area contributed by atoms with E-state index in [1.165, 1.54) is 6.92 Å². The number of carbonyl (C=O) groups excluding carboxylic acids is 2. The normalized spacial score (nSPS) is 12.7. The molecule has 1 atom stereocenters. The molecule has 19 heavy (non-hydrogen) atoms. The van der Waals surface area contributed by atoms with Gasteiger partial charge in [0.15, 0.2) is 0 Å². The molecule has 0 N–H and O–H groups in total. The summed E-state index contributed by atoms with van der Waals surface area (Å²) < 4.78 is 11.1. The minimum Gasteiger partial charge on any atom is -0.457 e. The van der Waals surface area contributed by atoms with Gasteiger partial charge in [-0.1, -0.05) is 28.1 Å². The molecule has 0 fully saturated rings. The number of carbonyl (C=O) groups is 2. The molecular formula is C14H17BrO4.